The third-order valence-corrected chi connectivity index (χ3v) is 14.8. The van der Waals surface area contributed by atoms with Gasteiger partial charge in [-0.05, 0) is 114 Å². The van der Waals surface area contributed by atoms with Crippen molar-refractivity contribution in [1.29, 1.82) is 0 Å². The van der Waals surface area contributed by atoms with E-state index in [1.165, 1.54) is 116 Å². The number of fused-ring (bicyclic) bond motifs is 6. The molecule has 1 aromatic heterocycles. The van der Waals surface area contributed by atoms with Crippen molar-refractivity contribution in [3.05, 3.63) is 272 Å². The maximum Gasteiger partial charge on any atom is 0.0632 e. The highest BCUT2D eigenvalue weighted by atomic mass is 15.0. The van der Waals surface area contributed by atoms with Gasteiger partial charge in [-0.1, -0.05) is 244 Å². The van der Waals surface area contributed by atoms with Gasteiger partial charge in [0.05, 0.1) is 11.0 Å². The van der Waals surface area contributed by atoms with E-state index in [0.29, 0.717) is 0 Å². The van der Waals surface area contributed by atoms with E-state index in [-0.39, 0.29) is 5.41 Å². The largest absolute Gasteiger partial charge is 0.309 e. The molecule has 0 spiro atoms. The van der Waals surface area contributed by atoms with Crippen LogP contribution in [-0.4, -0.2) is 4.57 Å². The van der Waals surface area contributed by atoms with Gasteiger partial charge in [0, 0.05) is 38.6 Å². The molecule has 70 heavy (non-hydrogen) atoms. The van der Waals surface area contributed by atoms with Gasteiger partial charge in [0.25, 0.3) is 0 Å². The van der Waals surface area contributed by atoms with E-state index in [2.05, 4.69) is 279 Å². The Bertz CT molecular complexity index is 3920. The first kappa shape index (κ1) is 41.4. The second-order valence-electron chi connectivity index (χ2n) is 19.2. The highest BCUT2D eigenvalue weighted by molar-refractivity contribution is 6.26. The van der Waals surface area contributed by atoms with E-state index in [1.54, 1.807) is 0 Å². The van der Waals surface area contributed by atoms with Crippen LogP contribution in [0.1, 0.15) is 25.0 Å². The molecule has 1 aliphatic carbocycles. The van der Waals surface area contributed by atoms with E-state index >= 15 is 0 Å². The summed E-state index contributed by atoms with van der Waals surface area (Å²) in [6.07, 6.45) is 0. The van der Waals surface area contributed by atoms with Gasteiger partial charge in [-0.3, -0.25) is 0 Å². The molecule has 12 aromatic rings. The van der Waals surface area contributed by atoms with E-state index < -0.39 is 0 Å². The quantitative estimate of drug-likeness (QED) is 0.143. The molecule has 330 valence electrons. The number of nitrogens with zero attached hydrogens (tertiary/aromatic N) is 1. The van der Waals surface area contributed by atoms with Gasteiger partial charge in [0.2, 0.25) is 0 Å². The van der Waals surface area contributed by atoms with Crippen LogP contribution in [0.3, 0.4) is 0 Å². The Morgan fingerprint density at radius 1 is 0.286 bits per heavy atom. The summed E-state index contributed by atoms with van der Waals surface area (Å²) in [4.78, 5) is 0. The fourth-order valence-corrected chi connectivity index (χ4v) is 11.5. The van der Waals surface area contributed by atoms with Crippen molar-refractivity contribution in [1.82, 2.24) is 4.57 Å². The van der Waals surface area contributed by atoms with Gasteiger partial charge in [-0.2, -0.15) is 0 Å². The molecule has 0 atom stereocenters. The van der Waals surface area contributed by atoms with Crippen LogP contribution in [0.2, 0.25) is 0 Å². The Kier molecular flexibility index (Phi) is 9.92. The zero-order valence-corrected chi connectivity index (χ0v) is 39.3. The highest BCUT2D eigenvalue weighted by Crippen LogP contribution is 2.55. The number of benzene rings is 11. The van der Waals surface area contributed by atoms with Crippen LogP contribution in [0.5, 0.6) is 0 Å². The summed E-state index contributed by atoms with van der Waals surface area (Å²) >= 11 is 0. The summed E-state index contributed by atoms with van der Waals surface area (Å²) in [5, 5.41) is 2.43. The van der Waals surface area contributed by atoms with Crippen LogP contribution in [0.25, 0.3) is 117 Å². The van der Waals surface area contributed by atoms with Crippen molar-refractivity contribution in [3.63, 3.8) is 0 Å². The van der Waals surface area contributed by atoms with E-state index in [4.69, 9.17) is 0 Å². The van der Waals surface area contributed by atoms with E-state index in [1.807, 2.05) is 0 Å². The molecule has 0 saturated carbocycles. The van der Waals surface area contributed by atoms with Crippen LogP contribution < -0.4 is 0 Å². The minimum atomic E-state index is -0.108. The highest BCUT2D eigenvalue weighted by Gasteiger charge is 2.35. The Morgan fingerprint density at radius 2 is 0.714 bits per heavy atom. The Balaban J connectivity index is 1.18. The van der Waals surface area contributed by atoms with E-state index in [9.17, 15) is 0 Å². The molecule has 0 amide bonds. The number of aromatic nitrogens is 1. The average molecular weight is 892 g/mol. The Morgan fingerprint density at radius 3 is 1.34 bits per heavy atom. The number of hydrogen-bond acceptors (Lipinski definition) is 0. The molecule has 0 radical (unpaired) electrons. The molecular formula is C69H49N. The molecule has 0 fully saturated rings. The van der Waals surface area contributed by atoms with Crippen LogP contribution in [-0.2, 0) is 5.41 Å². The first-order valence-electron chi connectivity index (χ1n) is 24.4. The molecule has 1 heteroatoms. The second-order valence-corrected chi connectivity index (χ2v) is 19.2. The first-order valence-corrected chi connectivity index (χ1v) is 24.4. The molecule has 0 aliphatic heterocycles. The van der Waals surface area contributed by atoms with Crippen LogP contribution >= 0.6 is 0 Å². The molecule has 0 unspecified atom stereocenters. The normalized spacial score (nSPS) is 12.5. The number of hydrogen-bond donors (Lipinski definition) is 0. The third-order valence-electron chi connectivity index (χ3n) is 14.8. The first-order chi connectivity index (χ1) is 34.5. The summed E-state index contributed by atoms with van der Waals surface area (Å²) in [5.74, 6) is 0. The summed E-state index contributed by atoms with van der Waals surface area (Å²) < 4.78 is 2.59. The van der Waals surface area contributed by atoms with E-state index in [0.717, 1.165) is 11.2 Å². The fraction of sp³-hybridized carbons (Fsp3) is 0.0435. The van der Waals surface area contributed by atoms with Gasteiger partial charge >= 0.3 is 0 Å². The summed E-state index contributed by atoms with van der Waals surface area (Å²) in [5.41, 5.74) is 25.4. The zero-order chi connectivity index (χ0) is 46.8. The Labute approximate surface area is 410 Å². The second kappa shape index (κ2) is 16.8. The van der Waals surface area contributed by atoms with Crippen molar-refractivity contribution in [3.8, 4) is 94.7 Å². The topological polar surface area (TPSA) is 4.93 Å². The van der Waals surface area contributed by atoms with Gasteiger partial charge in [0.1, 0.15) is 0 Å². The minimum Gasteiger partial charge on any atom is -0.309 e. The maximum atomic E-state index is 2.59. The van der Waals surface area contributed by atoms with Crippen LogP contribution in [0, 0.1) is 0 Å². The lowest BCUT2D eigenvalue weighted by atomic mass is 9.80. The van der Waals surface area contributed by atoms with Crippen molar-refractivity contribution in [2.75, 3.05) is 0 Å². The maximum absolute atomic E-state index is 2.59. The SMILES string of the molecule is CC1(C)c2ccccc2-c2ccc(-c3cccc(-n4c5cc(-c6cccc(-c7ccccc7)c6)ccc5c5c(-c6ccccc6)c(-c6ccccc6)c(-c6ccccc6)c(-c6ccccc6)c54)c3)cc21. The Hall–Kier alpha value is -8.78. The van der Waals surface area contributed by atoms with Crippen molar-refractivity contribution >= 4 is 21.8 Å². The predicted octanol–water partition coefficient (Wildman–Crippen LogP) is 18.8. The molecule has 13 rings (SSSR count). The van der Waals surface area contributed by atoms with Crippen LogP contribution in [0.4, 0.5) is 0 Å². The van der Waals surface area contributed by atoms with Crippen molar-refractivity contribution in [2.45, 2.75) is 19.3 Å². The molecule has 0 bridgehead atoms. The molecule has 1 aliphatic rings. The molecule has 1 nitrogen and oxygen atoms in total. The van der Waals surface area contributed by atoms with Crippen molar-refractivity contribution < 1.29 is 0 Å². The standard InChI is InChI=1S/C69H49N/c1-69(2)60-37-19-18-36-57(60)58-40-38-54(44-61(58)69)53-34-21-35-56(43-53)70-62-45-55(52-33-20-32-51(42-52)46-22-8-3-9-23-46)39-41-59(62)67-65(49-28-14-6-15-29-49)63(47-24-10-4-11-25-47)64(48-26-12-5-13-27-48)66(68(67)70)50-30-16-7-17-31-50/h3-45H,1-2H3. The lowest BCUT2D eigenvalue weighted by Crippen LogP contribution is -2.14. The van der Waals surface area contributed by atoms with Crippen LogP contribution in [0.15, 0.2) is 261 Å². The lowest BCUT2D eigenvalue weighted by Gasteiger charge is -2.24. The molecular weight excluding hydrogens is 843 g/mol. The third kappa shape index (κ3) is 6.77. The predicted molar refractivity (Wildman–Crippen MR) is 296 cm³/mol. The zero-order valence-electron chi connectivity index (χ0n) is 39.3. The summed E-state index contributed by atoms with van der Waals surface area (Å²) in [6.45, 7) is 4.74. The van der Waals surface area contributed by atoms with Gasteiger partial charge in [-0.25, -0.2) is 0 Å². The molecule has 1 heterocycles. The van der Waals surface area contributed by atoms with Crippen molar-refractivity contribution in [2.24, 2.45) is 0 Å². The van der Waals surface area contributed by atoms with Gasteiger partial charge in [0.15, 0.2) is 0 Å². The lowest BCUT2D eigenvalue weighted by molar-refractivity contribution is 0.660. The summed E-state index contributed by atoms with van der Waals surface area (Å²) in [6, 6.07) is 96.4. The molecule has 11 aromatic carbocycles. The smallest absolute Gasteiger partial charge is 0.0632 e. The molecule has 0 N–H and O–H groups in total. The van der Waals surface area contributed by atoms with Gasteiger partial charge in [-0.15, -0.1) is 0 Å². The molecule has 0 saturated heterocycles. The fourth-order valence-electron chi connectivity index (χ4n) is 11.5. The average Bonchev–Trinajstić information content (AvgIpc) is 3.89. The minimum absolute atomic E-state index is 0.108. The summed E-state index contributed by atoms with van der Waals surface area (Å²) in [7, 11) is 0. The monoisotopic (exact) mass is 891 g/mol. The van der Waals surface area contributed by atoms with Gasteiger partial charge < -0.3 is 4.57 Å². The number of rotatable bonds is 8.